The van der Waals surface area contributed by atoms with Gasteiger partial charge in [0.25, 0.3) is 0 Å². The summed E-state index contributed by atoms with van der Waals surface area (Å²) in [4.78, 5) is 26.0. The highest BCUT2D eigenvalue weighted by molar-refractivity contribution is 6.30. The molecule has 0 bridgehead atoms. The summed E-state index contributed by atoms with van der Waals surface area (Å²) in [7, 11) is 0. The second kappa shape index (κ2) is 9.35. The Balaban J connectivity index is 1.71. The lowest BCUT2D eigenvalue weighted by Crippen LogP contribution is -2.21. The van der Waals surface area contributed by atoms with E-state index in [1.807, 2.05) is 37.3 Å². The van der Waals surface area contributed by atoms with E-state index in [-0.39, 0.29) is 23.5 Å². The molecule has 0 aliphatic rings. The fourth-order valence-corrected chi connectivity index (χ4v) is 3.64. The Labute approximate surface area is 202 Å². The summed E-state index contributed by atoms with van der Waals surface area (Å²) in [5, 5.41) is 0.901. The molecule has 3 aromatic carbocycles. The molecule has 0 atom stereocenters. The van der Waals surface area contributed by atoms with E-state index in [0.29, 0.717) is 27.3 Å². The Morgan fingerprint density at radius 2 is 1.65 bits per heavy atom. The zero-order chi connectivity index (χ0) is 24.5. The quantitative estimate of drug-likeness (QED) is 0.300. The first-order valence-electron chi connectivity index (χ1n) is 10.9. The van der Waals surface area contributed by atoms with E-state index in [4.69, 9.17) is 25.5 Å². The molecule has 6 heteroatoms. The monoisotopic (exact) mass is 476 g/mol. The zero-order valence-electron chi connectivity index (χ0n) is 19.5. The molecule has 174 valence electrons. The number of rotatable bonds is 5. The number of carbonyl (C=O) groups is 1. The standard InChI is InChI=1S/C28H25ClO5/c1-17-5-14-23-22(15-17)25(31)27(34-24(30)16-32-21-12-10-20(29)11-13-21)26(33-23)18-6-8-19(9-7-18)28(2,3)4/h5-15H,16H2,1-4H3. The molecule has 4 aromatic rings. The topological polar surface area (TPSA) is 65.7 Å². The number of benzene rings is 3. The van der Waals surface area contributed by atoms with Crippen LogP contribution in [-0.4, -0.2) is 12.6 Å². The molecule has 1 aromatic heterocycles. The van der Waals surface area contributed by atoms with Crippen LogP contribution in [0.15, 0.2) is 75.9 Å². The molecular weight excluding hydrogens is 452 g/mol. The van der Waals surface area contributed by atoms with E-state index >= 15 is 0 Å². The fraction of sp³-hybridized carbons (Fsp3) is 0.214. The van der Waals surface area contributed by atoms with Gasteiger partial charge in [0.2, 0.25) is 11.2 Å². The molecule has 0 N–H and O–H groups in total. The molecule has 0 unspecified atom stereocenters. The first-order chi connectivity index (χ1) is 16.1. The third-order valence-corrected chi connectivity index (χ3v) is 5.66. The second-order valence-corrected chi connectivity index (χ2v) is 9.57. The van der Waals surface area contributed by atoms with Gasteiger partial charge in [0.05, 0.1) is 5.39 Å². The Hall–Kier alpha value is -3.57. The van der Waals surface area contributed by atoms with Crippen molar-refractivity contribution in [2.75, 3.05) is 6.61 Å². The SMILES string of the molecule is Cc1ccc2oc(-c3ccc(C(C)(C)C)cc3)c(OC(=O)COc3ccc(Cl)cc3)c(=O)c2c1. The van der Waals surface area contributed by atoms with E-state index in [1.54, 1.807) is 36.4 Å². The van der Waals surface area contributed by atoms with E-state index in [0.717, 1.165) is 11.1 Å². The van der Waals surface area contributed by atoms with Gasteiger partial charge in [-0.15, -0.1) is 0 Å². The third-order valence-electron chi connectivity index (χ3n) is 5.40. The normalized spacial score (nSPS) is 11.4. The maximum absolute atomic E-state index is 13.4. The number of ether oxygens (including phenoxy) is 2. The van der Waals surface area contributed by atoms with Crippen LogP contribution in [0, 0.1) is 6.92 Å². The molecular formula is C28H25ClO5. The van der Waals surface area contributed by atoms with E-state index in [1.165, 1.54) is 0 Å². The molecule has 0 spiro atoms. The van der Waals surface area contributed by atoms with Gasteiger partial charge < -0.3 is 13.9 Å². The lowest BCUT2D eigenvalue weighted by Gasteiger charge is -2.19. The molecule has 0 radical (unpaired) electrons. The van der Waals surface area contributed by atoms with Gasteiger partial charge in [-0.2, -0.15) is 0 Å². The highest BCUT2D eigenvalue weighted by Gasteiger charge is 2.22. The minimum Gasteiger partial charge on any atom is -0.482 e. The van der Waals surface area contributed by atoms with Crippen molar-refractivity contribution in [1.82, 2.24) is 0 Å². The number of aryl methyl sites for hydroxylation is 1. The van der Waals surface area contributed by atoms with Gasteiger partial charge in [0, 0.05) is 10.6 Å². The molecule has 5 nitrogen and oxygen atoms in total. The summed E-state index contributed by atoms with van der Waals surface area (Å²) in [5.41, 5.74) is 2.63. The molecule has 0 aliphatic heterocycles. The van der Waals surface area contributed by atoms with Gasteiger partial charge in [0.1, 0.15) is 11.3 Å². The maximum Gasteiger partial charge on any atom is 0.349 e. The van der Waals surface area contributed by atoms with Crippen molar-refractivity contribution < 1.29 is 18.7 Å². The number of halogens is 1. The first-order valence-corrected chi connectivity index (χ1v) is 11.3. The predicted octanol–water partition coefficient (Wildman–Crippen LogP) is 6.70. The van der Waals surface area contributed by atoms with E-state index in [9.17, 15) is 9.59 Å². The van der Waals surface area contributed by atoms with Crippen LogP contribution in [0.5, 0.6) is 11.5 Å². The van der Waals surface area contributed by atoms with Gasteiger partial charge >= 0.3 is 5.97 Å². The average Bonchev–Trinajstić information content (AvgIpc) is 2.80. The number of carbonyl (C=O) groups excluding carboxylic acids is 1. The minimum atomic E-state index is -0.721. The predicted molar refractivity (Wildman–Crippen MR) is 134 cm³/mol. The van der Waals surface area contributed by atoms with E-state index < -0.39 is 11.4 Å². The molecule has 0 amide bonds. The second-order valence-electron chi connectivity index (χ2n) is 9.13. The smallest absolute Gasteiger partial charge is 0.349 e. The van der Waals surface area contributed by atoms with Crippen molar-refractivity contribution >= 4 is 28.5 Å². The van der Waals surface area contributed by atoms with Crippen molar-refractivity contribution in [3.63, 3.8) is 0 Å². The van der Waals surface area contributed by atoms with Gasteiger partial charge in [-0.1, -0.05) is 68.3 Å². The highest BCUT2D eigenvalue weighted by Crippen LogP contribution is 2.33. The van der Waals surface area contributed by atoms with Crippen molar-refractivity contribution in [3.05, 3.63) is 93.1 Å². The first kappa shape index (κ1) is 23.6. The minimum absolute atomic E-state index is 0.0332. The van der Waals surface area contributed by atoms with Crippen LogP contribution in [0.1, 0.15) is 31.9 Å². The molecule has 1 heterocycles. The Morgan fingerprint density at radius 3 is 2.29 bits per heavy atom. The summed E-state index contributed by atoms with van der Waals surface area (Å²) in [6.07, 6.45) is 0. The Kier molecular flexibility index (Phi) is 6.49. The fourth-order valence-electron chi connectivity index (χ4n) is 3.51. The van der Waals surface area contributed by atoms with Crippen molar-refractivity contribution in [1.29, 1.82) is 0 Å². The molecule has 0 fully saturated rings. The Morgan fingerprint density at radius 1 is 0.971 bits per heavy atom. The van der Waals surface area contributed by atoms with Crippen LogP contribution in [0.25, 0.3) is 22.3 Å². The summed E-state index contributed by atoms with van der Waals surface area (Å²) in [6.45, 7) is 7.86. The van der Waals surface area contributed by atoms with Crippen molar-refractivity contribution in [2.24, 2.45) is 0 Å². The van der Waals surface area contributed by atoms with Gasteiger partial charge in [0.15, 0.2) is 12.4 Å². The number of esters is 1. The Bertz CT molecular complexity index is 1390. The lowest BCUT2D eigenvalue weighted by molar-refractivity contribution is -0.136. The van der Waals surface area contributed by atoms with Crippen LogP contribution in [-0.2, 0) is 10.2 Å². The van der Waals surface area contributed by atoms with Crippen molar-refractivity contribution in [3.8, 4) is 22.8 Å². The zero-order valence-corrected chi connectivity index (χ0v) is 20.2. The molecule has 0 saturated heterocycles. The largest absolute Gasteiger partial charge is 0.482 e. The van der Waals surface area contributed by atoms with Crippen molar-refractivity contribution in [2.45, 2.75) is 33.1 Å². The number of hydrogen-bond acceptors (Lipinski definition) is 5. The summed E-state index contributed by atoms with van der Waals surface area (Å²) < 4.78 is 17.1. The van der Waals surface area contributed by atoms with Crippen LogP contribution in [0.2, 0.25) is 5.02 Å². The maximum atomic E-state index is 13.4. The van der Waals surface area contributed by atoms with Crippen LogP contribution in [0.3, 0.4) is 0 Å². The van der Waals surface area contributed by atoms with Gasteiger partial charge in [-0.05, 0) is 54.3 Å². The third kappa shape index (κ3) is 5.15. The lowest BCUT2D eigenvalue weighted by atomic mass is 9.86. The van der Waals surface area contributed by atoms with Crippen LogP contribution < -0.4 is 14.9 Å². The van der Waals surface area contributed by atoms with Gasteiger partial charge in [-0.25, -0.2) is 4.79 Å². The molecule has 0 saturated carbocycles. The van der Waals surface area contributed by atoms with E-state index in [2.05, 4.69) is 20.8 Å². The summed E-state index contributed by atoms with van der Waals surface area (Å²) in [6, 6.07) is 19.6. The average molecular weight is 477 g/mol. The van der Waals surface area contributed by atoms with Crippen LogP contribution in [0.4, 0.5) is 0 Å². The molecule has 34 heavy (non-hydrogen) atoms. The number of hydrogen-bond donors (Lipinski definition) is 0. The molecule has 0 aliphatic carbocycles. The molecule has 4 rings (SSSR count). The van der Waals surface area contributed by atoms with Crippen LogP contribution >= 0.6 is 11.6 Å². The highest BCUT2D eigenvalue weighted by atomic mass is 35.5. The number of fused-ring (bicyclic) bond motifs is 1. The summed E-state index contributed by atoms with van der Waals surface area (Å²) in [5.74, 6) is -0.227. The summed E-state index contributed by atoms with van der Waals surface area (Å²) >= 11 is 5.88. The van der Waals surface area contributed by atoms with Gasteiger partial charge in [-0.3, -0.25) is 4.79 Å².